The van der Waals surface area contributed by atoms with Crippen molar-refractivity contribution in [1.29, 1.82) is 0 Å². The Morgan fingerprint density at radius 3 is 2.80 bits per heavy atom. The van der Waals surface area contributed by atoms with Gasteiger partial charge in [-0.05, 0) is 43.4 Å². The molecule has 0 heterocycles. The first-order chi connectivity index (χ1) is 9.19. The summed E-state index contributed by atoms with van der Waals surface area (Å²) in [6, 6.07) is 7.94. The highest BCUT2D eigenvalue weighted by atomic mass is 127. The van der Waals surface area contributed by atoms with Gasteiger partial charge in [0.15, 0.2) is 5.96 Å². The van der Waals surface area contributed by atoms with Crippen molar-refractivity contribution in [3.63, 3.8) is 0 Å². The van der Waals surface area contributed by atoms with E-state index < -0.39 is 0 Å². The minimum atomic E-state index is 0. The Balaban J connectivity index is 0.00000200. The van der Waals surface area contributed by atoms with Crippen LogP contribution in [0.2, 0.25) is 0 Å². The van der Waals surface area contributed by atoms with Crippen molar-refractivity contribution in [2.75, 3.05) is 13.1 Å². The van der Waals surface area contributed by atoms with Gasteiger partial charge in [0.05, 0.1) is 0 Å². The Kier molecular flexibility index (Phi) is 7.12. The predicted octanol–water partition coefficient (Wildman–Crippen LogP) is 2.52. The number of guanidine groups is 1. The third-order valence-electron chi connectivity index (χ3n) is 3.36. The summed E-state index contributed by atoms with van der Waals surface area (Å²) in [6.07, 6.45) is 2.07. The number of hydrogen-bond acceptors (Lipinski definition) is 2. The van der Waals surface area contributed by atoms with Crippen molar-refractivity contribution in [3.8, 4) is 5.75 Å². The summed E-state index contributed by atoms with van der Waals surface area (Å²) in [7, 11) is 0. The number of phenols is 1. The van der Waals surface area contributed by atoms with Gasteiger partial charge in [0, 0.05) is 19.1 Å². The Morgan fingerprint density at radius 2 is 2.20 bits per heavy atom. The first-order valence-corrected chi connectivity index (χ1v) is 7.01. The fourth-order valence-corrected chi connectivity index (χ4v) is 2.03. The van der Waals surface area contributed by atoms with Gasteiger partial charge in [-0.3, -0.25) is 4.99 Å². The first kappa shape index (κ1) is 17.1. The minimum Gasteiger partial charge on any atom is -0.508 e. The number of hydrogen-bond donors (Lipinski definition) is 3. The normalized spacial score (nSPS) is 21.0. The van der Waals surface area contributed by atoms with Crippen molar-refractivity contribution < 1.29 is 5.11 Å². The lowest BCUT2D eigenvalue weighted by molar-refractivity contribution is 0.474. The molecule has 1 fully saturated rings. The zero-order valence-electron chi connectivity index (χ0n) is 12.1. The third kappa shape index (κ3) is 5.56. The highest BCUT2D eigenvalue weighted by Gasteiger charge is 2.33. The topological polar surface area (TPSA) is 56.7 Å². The molecule has 1 aliphatic carbocycles. The van der Waals surface area contributed by atoms with E-state index in [-0.39, 0.29) is 24.0 Å². The fourth-order valence-electron chi connectivity index (χ4n) is 2.03. The maximum atomic E-state index is 9.40. The Labute approximate surface area is 138 Å². The standard InChI is InChI=1S/C15H23N3O.HI/c1-3-16-15(18-14-9-11(14)2)17-8-7-12-5-4-6-13(19)10-12;/h4-6,10-11,14,19H,3,7-9H2,1-2H3,(H2,16,17,18);1H. The third-order valence-corrected chi connectivity index (χ3v) is 3.36. The van der Waals surface area contributed by atoms with Crippen LogP contribution in [0.15, 0.2) is 29.3 Å². The van der Waals surface area contributed by atoms with E-state index >= 15 is 0 Å². The van der Waals surface area contributed by atoms with Crippen LogP contribution in [0, 0.1) is 5.92 Å². The van der Waals surface area contributed by atoms with Crippen LogP contribution in [0.3, 0.4) is 0 Å². The average molecular weight is 389 g/mol. The summed E-state index contributed by atoms with van der Waals surface area (Å²) < 4.78 is 0. The van der Waals surface area contributed by atoms with Crippen LogP contribution in [0.1, 0.15) is 25.8 Å². The summed E-state index contributed by atoms with van der Waals surface area (Å²) in [5, 5.41) is 16.1. The molecule has 20 heavy (non-hydrogen) atoms. The quantitative estimate of drug-likeness (QED) is 0.412. The minimum absolute atomic E-state index is 0. The largest absolute Gasteiger partial charge is 0.508 e. The number of benzene rings is 1. The van der Waals surface area contributed by atoms with Crippen LogP contribution < -0.4 is 10.6 Å². The molecule has 2 rings (SSSR count). The van der Waals surface area contributed by atoms with Gasteiger partial charge in [0.1, 0.15) is 5.75 Å². The Hall–Kier alpha value is -0.980. The van der Waals surface area contributed by atoms with Crippen molar-refractivity contribution in [1.82, 2.24) is 10.6 Å². The van der Waals surface area contributed by atoms with Crippen molar-refractivity contribution in [2.45, 2.75) is 32.7 Å². The second-order valence-electron chi connectivity index (χ2n) is 5.14. The molecule has 4 nitrogen and oxygen atoms in total. The van der Waals surface area contributed by atoms with Gasteiger partial charge in [-0.15, -0.1) is 24.0 Å². The van der Waals surface area contributed by atoms with Gasteiger partial charge in [-0.2, -0.15) is 0 Å². The van der Waals surface area contributed by atoms with E-state index in [2.05, 4.69) is 29.5 Å². The maximum absolute atomic E-state index is 9.40. The van der Waals surface area contributed by atoms with Gasteiger partial charge in [-0.1, -0.05) is 19.1 Å². The zero-order chi connectivity index (χ0) is 13.7. The molecule has 1 aliphatic rings. The smallest absolute Gasteiger partial charge is 0.191 e. The van der Waals surface area contributed by atoms with E-state index in [1.165, 1.54) is 6.42 Å². The van der Waals surface area contributed by atoms with E-state index in [9.17, 15) is 5.11 Å². The number of phenolic OH excluding ortho intramolecular Hbond substituents is 1. The second kappa shape index (κ2) is 8.34. The molecular formula is C15H24IN3O. The fraction of sp³-hybridized carbons (Fsp3) is 0.533. The summed E-state index contributed by atoms with van der Waals surface area (Å²) >= 11 is 0. The molecule has 2 unspecified atom stereocenters. The highest BCUT2D eigenvalue weighted by Crippen LogP contribution is 2.28. The maximum Gasteiger partial charge on any atom is 0.191 e. The summed E-state index contributed by atoms with van der Waals surface area (Å²) in [6.45, 7) is 5.91. The Morgan fingerprint density at radius 1 is 1.45 bits per heavy atom. The molecule has 0 spiro atoms. The Bertz CT molecular complexity index is 450. The molecule has 0 radical (unpaired) electrons. The second-order valence-corrected chi connectivity index (χ2v) is 5.14. The molecule has 1 aromatic rings. The molecular weight excluding hydrogens is 365 g/mol. The van der Waals surface area contributed by atoms with E-state index in [0.29, 0.717) is 11.8 Å². The van der Waals surface area contributed by atoms with Gasteiger partial charge >= 0.3 is 0 Å². The number of aliphatic imine (C=N–C) groups is 1. The van der Waals surface area contributed by atoms with Crippen LogP contribution in [-0.4, -0.2) is 30.2 Å². The molecule has 5 heteroatoms. The number of nitrogens with zero attached hydrogens (tertiary/aromatic N) is 1. The molecule has 112 valence electrons. The molecule has 0 aliphatic heterocycles. The van der Waals surface area contributed by atoms with E-state index in [1.54, 1.807) is 12.1 Å². The SMILES string of the molecule is CCNC(=NCCc1cccc(O)c1)NC1CC1C.I. The number of nitrogens with one attached hydrogen (secondary N) is 2. The summed E-state index contributed by atoms with van der Waals surface area (Å²) in [5.74, 6) is 1.98. The molecule has 1 saturated carbocycles. The van der Waals surface area contributed by atoms with Crippen LogP contribution >= 0.6 is 24.0 Å². The predicted molar refractivity (Wildman–Crippen MR) is 93.9 cm³/mol. The van der Waals surface area contributed by atoms with E-state index in [0.717, 1.165) is 37.0 Å². The van der Waals surface area contributed by atoms with Gasteiger partial charge in [-0.25, -0.2) is 0 Å². The van der Waals surface area contributed by atoms with Gasteiger partial charge in [0.25, 0.3) is 0 Å². The van der Waals surface area contributed by atoms with Crippen LogP contribution in [0.5, 0.6) is 5.75 Å². The van der Waals surface area contributed by atoms with Crippen molar-refractivity contribution in [3.05, 3.63) is 29.8 Å². The van der Waals surface area contributed by atoms with Crippen LogP contribution in [0.4, 0.5) is 0 Å². The van der Waals surface area contributed by atoms with Crippen molar-refractivity contribution >= 4 is 29.9 Å². The highest BCUT2D eigenvalue weighted by molar-refractivity contribution is 14.0. The van der Waals surface area contributed by atoms with Crippen molar-refractivity contribution in [2.24, 2.45) is 10.9 Å². The van der Waals surface area contributed by atoms with Gasteiger partial charge < -0.3 is 15.7 Å². The molecule has 0 aromatic heterocycles. The molecule has 2 atom stereocenters. The first-order valence-electron chi connectivity index (χ1n) is 7.01. The van der Waals surface area contributed by atoms with E-state index in [4.69, 9.17) is 0 Å². The van der Waals surface area contributed by atoms with Crippen LogP contribution in [-0.2, 0) is 6.42 Å². The lowest BCUT2D eigenvalue weighted by Crippen LogP contribution is -2.39. The average Bonchev–Trinajstić information content (AvgIpc) is 3.05. The van der Waals surface area contributed by atoms with Gasteiger partial charge in [0.2, 0.25) is 0 Å². The molecule has 0 saturated heterocycles. The van der Waals surface area contributed by atoms with Crippen LogP contribution in [0.25, 0.3) is 0 Å². The lowest BCUT2D eigenvalue weighted by Gasteiger charge is -2.10. The molecule has 0 amide bonds. The molecule has 1 aromatic carbocycles. The zero-order valence-corrected chi connectivity index (χ0v) is 14.4. The molecule has 3 N–H and O–H groups in total. The lowest BCUT2D eigenvalue weighted by atomic mass is 10.1. The summed E-state index contributed by atoms with van der Waals surface area (Å²) in [4.78, 5) is 4.57. The number of halogens is 1. The molecule has 0 bridgehead atoms. The monoisotopic (exact) mass is 389 g/mol. The number of rotatable bonds is 5. The summed E-state index contributed by atoms with van der Waals surface area (Å²) in [5.41, 5.74) is 1.11. The number of aromatic hydroxyl groups is 1. The van der Waals surface area contributed by atoms with E-state index in [1.807, 2.05) is 12.1 Å².